The van der Waals surface area contributed by atoms with E-state index in [1.165, 1.54) is 62.5 Å². The van der Waals surface area contributed by atoms with Crippen molar-refractivity contribution < 1.29 is 9.84 Å². The van der Waals surface area contributed by atoms with Crippen molar-refractivity contribution in [1.82, 2.24) is 4.58 Å². The van der Waals surface area contributed by atoms with Gasteiger partial charge in [0.1, 0.15) is 24.6 Å². The van der Waals surface area contributed by atoms with Crippen molar-refractivity contribution in [2.45, 2.75) is 77.0 Å². The maximum atomic E-state index is 13.3. The summed E-state index contributed by atoms with van der Waals surface area (Å²) >= 11 is 0. The normalized spacial score (nSPS) is 18.3. The number of nitrogens with two attached hydrogens (primary N) is 1. The largest absolute Gasteiger partial charge is 0.858 e. The van der Waals surface area contributed by atoms with Crippen LogP contribution in [0.2, 0.25) is 0 Å². The summed E-state index contributed by atoms with van der Waals surface area (Å²) in [4.78, 5) is 7.06. The lowest BCUT2D eigenvalue weighted by Crippen LogP contribution is -2.45. The van der Waals surface area contributed by atoms with Crippen LogP contribution >= 0.6 is 0 Å². The molecule has 6 nitrogen and oxygen atoms in total. The van der Waals surface area contributed by atoms with Gasteiger partial charge in [-0.25, -0.2) is 4.58 Å². The third-order valence-electron chi connectivity index (χ3n) is 10.5. The highest BCUT2D eigenvalue weighted by molar-refractivity contribution is 5.94. The van der Waals surface area contributed by atoms with Gasteiger partial charge in [-0.2, -0.15) is 0 Å². The number of anilines is 1. The number of aliphatic imine (C=N–C) groups is 1. The predicted octanol–water partition coefficient (Wildman–Crippen LogP) is 3.75. The molecule has 0 saturated heterocycles. The molecule has 3 aromatic rings. The quantitative estimate of drug-likeness (QED) is 0.147. The van der Waals surface area contributed by atoms with Crippen LogP contribution in [0.5, 0.6) is 11.5 Å². The third-order valence-corrected chi connectivity index (χ3v) is 10.5. The van der Waals surface area contributed by atoms with Gasteiger partial charge in [-0.05, 0) is 98.7 Å². The second kappa shape index (κ2) is 11.7. The van der Waals surface area contributed by atoms with Crippen LogP contribution in [0.4, 0.5) is 5.69 Å². The highest BCUT2D eigenvalue weighted by atomic mass is 16.5. The smallest absolute Gasteiger partial charge is 0.210 e. The second-order valence-electron chi connectivity index (χ2n) is 13.3. The van der Waals surface area contributed by atoms with E-state index in [0.29, 0.717) is 12.1 Å². The highest BCUT2D eigenvalue weighted by Gasteiger charge is 2.35. The van der Waals surface area contributed by atoms with Gasteiger partial charge in [0.15, 0.2) is 0 Å². The lowest BCUT2D eigenvalue weighted by Gasteiger charge is -2.39. The van der Waals surface area contributed by atoms with Gasteiger partial charge >= 0.3 is 0 Å². The zero-order chi connectivity index (χ0) is 29.6. The van der Waals surface area contributed by atoms with Crippen LogP contribution in [0.25, 0.3) is 5.57 Å². The highest BCUT2D eigenvalue weighted by Crippen LogP contribution is 2.48. The van der Waals surface area contributed by atoms with E-state index in [4.69, 9.17) is 10.5 Å². The summed E-state index contributed by atoms with van der Waals surface area (Å²) in [5.74, 6) is 1.99. The SMILES string of the molecule is NCCCCCCN=C([O-])c1cccc(C2=c3cc4c5c(c3Oc3c2cc2c6c3CCCN6CCC2)CCC[N+]=5CCC4)c1. The van der Waals surface area contributed by atoms with Crippen LogP contribution in [0.1, 0.15) is 90.3 Å². The number of benzene rings is 3. The molecule has 0 unspecified atom stereocenters. The van der Waals surface area contributed by atoms with E-state index in [0.717, 1.165) is 114 Å². The molecule has 0 aromatic heterocycles. The summed E-state index contributed by atoms with van der Waals surface area (Å²) in [6, 6.07) is 13.1. The number of rotatable bonds is 8. The van der Waals surface area contributed by atoms with E-state index in [9.17, 15) is 5.11 Å². The molecule has 0 fully saturated rings. The molecule has 0 saturated carbocycles. The second-order valence-corrected chi connectivity index (χ2v) is 13.3. The molecule has 2 N–H and O–H groups in total. The van der Waals surface area contributed by atoms with E-state index in [2.05, 4.69) is 38.7 Å². The van der Waals surface area contributed by atoms with Crippen molar-refractivity contribution in [3.05, 3.63) is 85.9 Å². The van der Waals surface area contributed by atoms with E-state index >= 15 is 0 Å². The van der Waals surface area contributed by atoms with Gasteiger partial charge in [-0.3, -0.25) is 0 Å². The average Bonchev–Trinajstić information content (AvgIpc) is 3.06. The van der Waals surface area contributed by atoms with Crippen LogP contribution in [-0.2, 0) is 25.7 Å². The van der Waals surface area contributed by atoms with Crippen molar-refractivity contribution in [3.8, 4) is 11.5 Å². The molecular formula is C38H44N4O2. The Morgan fingerprint density at radius 2 is 1.66 bits per heavy atom. The fourth-order valence-corrected chi connectivity index (χ4v) is 8.51. The Labute approximate surface area is 260 Å². The van der Waals surface area contributed by atoms with Crippen molar-refractivity contribution in [1.29, 1.82) is 0 Å². The predicted molar refractivity (Wildman–Crippen MR) is 176 cm³/mol. The van der Waals surface area contributed by atoms with E-state index in [-0.39, 0.29) is 5.90 Å². The molecular weight excluding hydrogens is 544 g/mol. The lowest BCUT2D eigenvalue weighted by molar-refractivity contribution is -0.213. The molecule has 0 radical (unpaired) electrons. The molecule has 44 heavy (non-hydrogen) atoms. The summed E-state index contributed by atoms with van der Waals surface area (Å²) in [5, 5.41) is 15.9. The number of ether oxygens (including phenoxy) is 1. The maximum Gasteiger partial charge on any atom is 0.210 e. The first kappa shape index (κ1) is 27.9. The molecule has 0 atom stereocenters. The molecule has 0 amide bonds. The monoisotopic (exact) mass is 588 g/mol. The van der Waals surface area contributed by atoms with Gasteiger partial charge in [0.25, 0.3) is 0 Å². The fourth-order valence-electron chi connectivity index (χ4n) is 8.51. The van der Waals surface area contributed by atoms with E-state index in [1.54, 1.807) is 0 Å². The Bertz CT molecular complexity index is 1780. The van der Waals surface area contributed by atoms with Crippen molar-refractivity contribution in [3.63, 3.8) is 0 Å². The minimum absolute atomic E-state index is 0.119. The maximum absolute atomic E-state index is 13.3. The number of hydrogen-bond donors (Lipinski definition) is 1. The molecule has 228 valence electrons. The summed E-state index contributed by atoms with van der Waals surface area (Å²) < 4.78 is 9.78. The Balaban J connectivity index is 1.32. The Morgan fingerprint density at radius 3 is 2.55 bits per heavy atom. The van der Waals surface area contributed by atoms with Crippen LogP contribution in [0, 0.1) is 0 Å². The van der Waals surface area contributed by atoms with Gasteiger partial charge in [0, 0.05) is 65.6 Å². The van der Waals surface area contributed by atoms with E-state index in [1.807, 2.05) is 12.1 Å². The first-order valence-electron chi connectivity index (χ1n) is 17.2. The molecule has 3 aromatic carbocycles. The first-order chi connectivity index (χ1) is 21.7. The van der Waals surface area contributed by atoms with Gasteiger partial charge in [-0.15, -0.1) is 0 Å². The molecule has 5 aliphatic rings. The molecule has 0 bridgehead atoms. The van der Waals surface area contributed by atoms with Gasteiger partial charge < -0.3 is 25.5 Å². The average molecular weight is 589 g/mol. The number of hydrogen-bond acceptors (Lipinski definition) is 5. The Kier molecular flexibility index (Phi) is 7.41. The third kappa shape index (κ3) is 4.73. The van der Waals surface area contributed by atoms with Crippen LogP contribution in [-0.4, -0.2) is 45.2 Å². The van der Waals surface area contributed by atoms with Gasteiger partial charge in [-0.1, -0.05) is 31.0 Å². The minimum atomic E-state index is -0.119. The van der Waals surface area contributed by atoms with Gasteiger partial charge in [0.2, 0.25) is 5.36 Å². The molecule has 0 aliphatic carbocycles. The van der Waals surface area contributed by atoms with Crippen molar-refractivity contribution in [2.75, 3.05) is 44.2 Å². The summed E-state index contributed by atoms with van der Waals surface area (Å²) in [7, 11) is 0. The van der Waals surface area contributed by atoms with E-state index < -0.39 is 0 Å². The zero-order valence-corrected chi connectivity index (χ0v) is 25.9. The summed E-state index contributed by atoms with van der Waals surface area (Å²) in [6.07, 6.45) is 13.2. The van der Waals surface area contributed by atoms with Gasteiger partial charge in [0.05, 0.1) is 5.56 Å². The number of aryl methyl sites for hydroxylation is 2. The molecule has 5 heterocycles. The molecule has 8 rings (SSSR count). The molecule has 0 spiro atoms. The minimum Gasteiger partial charge on any atom is -0.858 e. The van der Waals surface area contributed by atoms with Crippen LogP contribution in [0.3, 0.4) is 0 Å². The summed E-state index contributed by atoms with van der Waals surface area (Å²) in [6.45, 7) is 5.85. The molecule has 6 heteroatoms. The number of unbranched alkanes of at least 4 members (excludes halogenated alkanes) is 3. The number of nitrogens with zero attached hydrogens (tertiary/aromatic N) is 3. The topological polar surface area (TPSA) is 76.9 Å². The first-order valence-corrected chi connectivity index (χ1v) is 17.2. The summed E-state index contributed by atoms with van der Waals surface area (Å²) in [5.41, 5.74) is 16.9. The lowest BCUT2D eigenvalue weighted by atomic mass is 9.82. The van der Waals surface area contributed by atoms with Crippen molar-refractivity contribution in [2.24, 2.45) is 10.7 Å². The van der Waals surface area contributed by atoms with Crippen LogP contribution in [0.15, 0.2) is 41.4 Å². The van der Waals surface area contributed by atoms with Crippen LogP contribution < -0.4 is 35.6 Å². The fraction of sp³-hybridized carbons (Fsp3) is 0.474. The number of fused-ring (bicyclic) bond motifs is 4. The molecule has 5 aliphatic heterocycles. The Morgan fingerprint density at radius 1 is 0.864 bits per heavy atom. The van der Waals surface area contributed by atoms with Crippen molar-refractivity contribution >= 4 is 17.2 Å². The Hall–Kier alpha value is -3.64. The standard InChI is InChI=1S/C38H44N4O2/c39-16-3-1-2-4-17-40-38(43)28-11-5-10-25(22-28)33-31-23-26-12-6-18-41-20-8-14-29(34(26)41)36(31)44-37-30-15-9-21-42-19-7-13-27(35(30)42)24-32(33)37/h5,10-11,22-24H,1-4,6-9,12-21,39H2. The zero-order valence-electron chi connectivity index (χ0n) is 25.9.